The summed E-state index contributed by atoms with van der Waals surface area (Å²) in [7, 11) is 0. The molecule has 2 fully saturated rings. The second-order valence-electron chi connectivity index (χ2n) is 9.03. The number of hydrogen-bond acceptors (Lipinski definition) is 5. The maximum absolute atomic E-state index is 13.5. The number of benzene rings is 1. The summed E-state index contributed by atoms with van der Waals surface area (Å²) in [4.78, 5) is 19.1. The third kappa shape index (κ3) is 5.54. The highest BCUT2D eigenvalue weighted by molar-refractivity contribution is 7.13. The Bertz CT molecular complexity index is 1020. The van der Waals surface area contributed by atoms with Gasteiger partial charge in [-0.2, -0.15) is 5.10 Å². The largest absolute Gasteiger partial charge is 0.379 e. The Labute approximate surface area is 199 Å². The lowest BCUT2D eigenvalue weighted by Gasteiger charge is -2.34. The Balaban J connectivity index is 1.24. The lowest BCUT2D eigenvalue weighted by atomic mass is 9.93. The summed E-state index contributed by atoms with van der Waals surface area (Å²) in [5.74, 6) is 0.818. The van der Waals surface area contributed by atoms with Crippen LogP contribution < -0.4 is 0 Å². The van der Waals surface area contributed by atoms with Crippen molar-refractivity contribution in [2.75, 3.05) is 45.9 Å². The van der Waals surface area contributed by atoms with Crippen molar-refractivity contribution in [1.29, 1.82) is 0 Å². The van der Waals surface area contributed by atoms with Gasteiger partial charge < -0.3 is 9.64 Å². The zero-order valence-electron chi connectivity index (χ0n) is 19.1. The van der Waals surface area contributed by atoms with E-state index in [0.717, 1.165) is 74.9 Å². The molecule has 2 aliphatic heterocycles. The molecule has 0 bridgehead atoms. The van der Waals surface area contributed by atoms with Crippen LogP contribution in [0.3, 0.4) is 0 Å². The number of piperidine rings is 1. The quantitative estimate of drug-likeness (QED) is 0.525. The number of hydrogen-bond donors (Lipinski definition) is 0. The number of rotatable bonds is 7. The zero-order chi connectivity index (χ0) is 22.5. The molecule has 33 heavy (non-hydrogen) atoms. The van der Waals surface area contributed by atoms with E-state index >= 15 is 0 Å². The summed E-state index contributed by atoms with van der Waals surface area (Å²) in [6.45, 7) is 7.30. The van der Waals surface area contributed by atoms with Gasteiger partial charge in [0.25, 0.3) is 5.91 Å². The summed E-state index contributed by atoms with van der Waals surface area (Å²) in [6.07, 6.45) is 5.33. The van der Waals surface area contributed by atoms with Crippen molar-refractivity contribution in [3.05, 3.63) is 65.2 Å². The van der Waals surface area contributed by atoms with Crippen LogP contribution in [0.5, 0.6) is 0 Å². The Hall–Kier alpha value is -2.48. The van der Waals surface area contributed by atoms with Gasteiger partial charge in [0.1, 0.15) is 5.69 Å². The first kappa shape index (κ1) is 22.3. The summed E-state index contributed by atoms with van der Waals surface area (Å²) in [6, 6.07) is 14.3. The van der Waals surface area contributed by atoms with Gasteiger partial charge in [-0.25, -0.2) is 0 Å². The number of nitrogens with zero attached hydrogens (tertiary/aromatic N) is 4. The molecule has 2 aromatic heterocycles. The van der Waals surface area contributed by atoms with Crippen LogP contribution >= 0.6 is 11.3 Å². The number of morpholine rings is 1. The summed E-state index contributed by atoms with van der Waals surface area (Å²) >= 11 is 1.63. The molecule has 1 aromatic carbocycles. The molecule has 2 aliphatic rings. The number of amides is 1. The molecule has 0 unspecified atom stereocenters. The fourth-order valence-corrected chi connectivity index (χ4v) is 5.53. The first-order chi connectivity index (χ1) is 16.3. The van der Waals surface area contributed by atoms with E-state index in [9.17, 15) is 4.79 Å². The van der Waals surface area contributed by atoms with Crippen molar-refractivity contribution in [3.8, 4) is 10.6 Å². The number of carbonyl (C=O) groups excluding carboxylic acids is 1. The maximum atomic E-state index is 13.5. The Morgan fingerprint density at radius 2 is 1.82 bits per heavy atom. The number of aromatic nitrogens is 2. The fraction of sp³-hybridized carbons (Fsp3) is 0.462. The van der Waals surface area contributed by atoms with Crippen LogP contribution in [0.2, 0.25) is 0 Å². The van der Waals surface area contributed by atoms with Crippen LogP contribution in [-0.4, -0.2) is 71.4 Å². The monoisotopic (exact) mass is 464 g/mol. The molecule has 0 aliphatic carbocycles. The second-order valence-corrected chi connectivity index (χ2v) is 9.98. The molecule has 0 atom stereocenters. The molecular formula is C26H32N4O2S. The van der Waals surface area contributed by atoms with Gasteiger partial charge in [0.15, 0.2) is 0 Å². The van der Waals surface area contributed by atoms with Crippen LogP contribution in [0.15, 0.2) is 54.0 Å². The van der Waals surface area contributed by atoms with Crippen LogP contribution in [-0.2, 0) is 11.3 Å². The van der Waals surface area contributed by atoms with Crippen LogP contribution in [0, 0.1) is 5.92 Å². The lowest BCUT2D eigenvalue weighted by Crippen LogP contribution is -2.40. The van der Waals surface area contributed by atoms with E-state index in [-0.39, 0.29) is 5.91 Å². The highest BCUT2D eigenvalue weighted by Gasteiger charge is 2.28. The highest BCUT2D eigenvalue weighted by atomic mass is 32.1. The van der Waals surface area contributed by atoms with Crippen LogP contribution in [0.1, 0.15) is 35.2 Å². The Kier molecular flexibility index (Phi) is 7.19. The normalized spacial score (nSPS) is 18.0. The summed E-state index contributed by atoms with van der Waals surface area (Å²) in [5, 5.41) is 6.87. The molecule has 4 heterocycles. The van der Waals surface area contributed by atoms with E-state index < -0.39 is 0 Å². The molecule has 0 N–H and O–H groups in total. The van der Waals surface area contributed by atoms with E-state index in [1.807, 2.05) is 45.4 Å². The molecule has 6 nitrogen and oxygen atoms in total. The zero-order valence-corrected chi connectivity index (χ0v) is 19.9. The fourth-order valence-electron chi connectivity index (χ4n) is 4.81. The summed E-state index contributed by atoms with van der Waals surface area (Å²) in [5.41, 5.74) is 2.71. The van der Waals surface area contributed by atoms with E-state index in [1.165, 1.54) is 12.0 Å². The topological polar surface area (TPSA) is 50.6 Å². The van der Waals surface area contributed by atoms with E-state index in [1.54, 1.807) is 11.3 Å². The molecule has 174 valence electrons. The standard InChI is InChI=1S/C26H32N4O2S/c31-26(29-12-9-21(10-13-29)8-11-28-14-16-32-17-15-28)23-20-30(19-22-5-2-1-3-6-22)27-25(23)24-7-4-18-33-24/h1-7,18,20-21H,8-17,19H2. The molecule has 5 rings (SSSR count). The van der Waals surface area contributed by atoms with Gasteiger partial charge in [-0.15, -0.1) is 11.3 Å². The predicted octanol–water partition coefficient (Wildman–Crippen LogP) is 4.23. The average molecular weight is 465 g/mol. The molecular weight excluding hydrogens is 432 g/mol. The minimum atomic E-state index is 0.115. The van der Waals surface area contributed by atoms with E-state index in [2.05, 4.69) is 23.1 Å². The Morgan fingerprint density at radius 1 is 1.03 bits per heavy atom. The molecule has 3 aromatic rings. The van der Waals surface area contributed by atoms with Crippen molar-refractivity contribution < 1.29 is 9.53 Å². The van der Waals surface area contributed by atoms with Crippen molar-refractivity contribution in [2.24, 2.45) is 5.92 Å². The lowest BCUT2D eigenvalue weighted by molar-refractivity contribution is 0.0332. The molecule has 1 amide bonds. The molecule has 2 saturated heterocycles. The molecule has 0 spiro atoms. The minimum Gasteiger partial charge on any atom is -0.379 e. The van der Waals surface area contributed by atoms with Gasteiger partial charge in [0, 0.05) is 32.4 Å². The number of thiophene rings is 1. The van der Waals surface area contributed by atoms with Crippen LogP contribution in [0.25, 0.3) is 10.6 Å². The van der Waals surface area contributed by atoms with Gasteiger partial charge >= 0.3 is 0 Å². The minimum absolute atomic E-state index is 0.115. The molecule has 0 saturated carbocycles. The average Bonchev–Trinajstić information content (AvgIpc) is 3.54. The number of carbonyl (C=O) groups is 1. The predicted molar refractivity (Wildman–Crippen MR) is 132 cm³/mol. The summed E-state index contributed by atoms with van der Waals surface area (Å²) < 4.78 is 7.36. The smallest absolute Gasteiger partial charge is 0.257 e. The van der Waals surface area contributed by atoms with E-state index in [0.29, 0.717) is 12.5 Å². The first-order valence-electron chi connectivity index (χ1n) is 12.0. The van der Waals surface area contributed by atoms with Gasteiger partial charge in [-0.1, -0.05) is 36.4 Å². The first-order valence-corrected chi connectivity index (χ1v) is 12.9. The third-order valence-corrected chi connectivity index (χ3v) is 7.67. The molecule has 7 heteroatoms. The van der Waals surface area contributed by atoms with Gasteiger partial charge in [-0.05, 0) is 48.7 Å². The van der Waals surface area contributed by atoms with Gasteiger partial charge in [0.2, 0.25) is 0 Å². The van der Waals surface area contributed by atoms with Crippen molar-refractivity contribution in [2.45, 2.75) is 25.8 Å². The van der Waals surface area contributed by atoms with E-state index in [4.69, 9.17) is 9.84 Å². The third-order valence-electron chi connectivity index (χ3n) is 6.79. The van der Waals surface area contributed by atoms with Gasteiger partial charge in [0.05, 0.1) is 30.2 Å². The second kappa shape index (κ2) is 10.6. The van der Waals surface area contributed by atoms with Crippen molar-refractivity contribution in [1.82, 2.24) is 19.6 Å². The SMILES string of the molecule is O=C(c1cn(Cc2ccccc2)nc1-c1cccs1)N1CCC(CCN2CCOCC2)CC1. The van der Waals surface area contributed by atoms with Crippen molar-refractivity contribution >= 4 is 17.2 Å². The Morgan fingerprint density at radius 3 is 2.55 bits per heavy atom. The number of ether oxygens (including phenoxy) is 1. The van der Waals surface area contributed by atoms with Crippen LogP contribution in [0.4, 0.5) is 0 Å². The van der Waals surface area contributed by atoms with Gasteiger partial charge in [-0.3, -0.25) is 14.4 Å². The number of likely N-dealkylation sites (tertiary alicyclic amines) is 1. The van der Waals surface area contributed by atoms with Crippen molar-refractivity contribution in [3.63, 3.8) is 0 Å². The molecule has 0 radical (unpaired) electrons. The highest BCUT2D eigenvalue weighted by Crippen LogP contribution is 2.29. The maximum Gasteiger partial charge on any atom is 0.257 e.